The molecule has 6 nitrogen and oxygen atoms in total. The molecule has 1 N–H and O–H groups in total. The maximum atomic E-state index is 12.4. The predicted molar refractivity (Wildman–Crippen MR) is 97.0 cm³/mol. The van der Waals surface area contributed by atoms with E-state index in [1.54, 1.807) is 29.2 Å². The number of amides is 1. The molecule has 1 fully saturated rings. The highest BCUT2D eigenvalue weighted by molar-refractivity contribution is 7.91. The molecule has 0 bridgehead atoms. The summed E-state index contributed by atoms with van der Waals surface area (Å²) in [5.41, 5.74) is 2.91. The van der Waals surface area contributed by atoms with Crippen LogP contribution in [-0.2, 0) is 25.3 Å². The first-order chi connectivity index (χ1) is 11.9. The molecule has 0 radical (unpaired) electrons. The van der Waals surface area contributed by atoms with Gasteiger partial charge in [0.25, 0.3) is 5.91 Å². The van der Waals surface area contributed by atoms with Crippen molar-refractivity contribution in [3.8, 4) is 0 Å². The van der Waals surface area contributed by atoms with E-state index in [0.717, 1.165) is 16.8 Å². The lowest BCUT2D eigenvalue weighted by Crippen LogP contribution is -2.41. The van der Waals surface area contributed by atoms with Crippen LogP contribution < -0.4 is 9.62 Å². The highest BCUT2D eigenvalue weighted by atomic mass is 32.2. The van der Waals surface area contributed by atoms with Gasteiger partial charge in [-0.3, -0.25) is 9.52 Å². The van der Waals surface area contributed by atoms with E-state index in [9.17, 15) is 13.2 Å². The number of morpholine rings is 1. The maximum absolute atomic E-state index is 12.4. The molecule has 1 heterocycles. The van der Waals surface area contributed by atoms with Gasteiger partial charge in [0.1, 0.15) is 6.61 Å². The third-order valence-electron chi connectivity index (χ3n) is 4.04. The fourth-order valence-electron chi connectivity index (χ4n) is 2.69. The number of hydrogen-bond donors (Lipinski definition) is 1. The van der Waals surface area contributed by atoms with Crippen LogP contribution in [0.15, 0.2) is 48.5 Å². The smallest absolute Gasteiger partial charge is 0.253 e. The number of sulfonamides is 1. The molecular weight excluding hydrogens is 340 g/mol. The summed E-state index contributed by atoms with van der Waals surface area (Å²) in [7, 11) is -3.51. The largest absolute Gasteiger partial charge is 0.370 e. The summed E-state index contributed by atoms with van der Waals surface area (Å²) in [4.78, 5) is 13.5. The monoisotopic (exact) mass is 360 g/mol. The molecule has 1 aliphatic rings. The molecule has 0 aliphatic carbocycles. The van der Waals surface area contributed by atoms with Gasteiger partial charge in [0.05, 0.1) is 12.4 Å². The number of anilines is 2. The predicted octanol–water partition coefficient (Wildman–Crippen LogP) is 2.30. The van der Waals surface area contributed by atoms with E-state index in [1.807, 2.05) is 31.2 Å². The summed E-state index contributed by atoms with van der Waals surface area (Å²) >= 11 is 0. The average molecular weight is 360 g/mol. The van der Waals surface area contributed by atoms with E-state index in [-0.39, 0.29) is 18.3 Å². The Bertz CT molecular complexity index is 863. The number of carbonyl (C=O) groups is 1. The standard InChI is InChI=1S/C18H20N2O4S/c1-14-4-2-3-5-15(14)13-25(22,23)19-16-6-8-17(9-7-16)20-10-11-24-12-18(20)21/h2-9,19H,10-13H2,1H3. The highest BCUT2D eigenvalue weighted by Crippen LogP contribution is 2.21. The number of carbonyl (C=O) groups excluding carboxylic acids is 1. The van der Waals surface area contributed by atoms with Crippen LogP contribution in [0.5, 0.6) is 0 Å². The molecule has 2 aromatic rings. The molecule has 0 aromatic heterocycles. The Hall–Kier alpha value is -2.38. The Morgan fingerprint density at radius 2 is 1.84 bits per heavy atom. The van der Waals surface area contributed by atoms with Crippen LogP contribution in [0.3, 0.4) is 0 Å². The summed E-state index contributed by atoms with van der Waals surface area (Å²) < 4.78 is 32.4. The third-order valence-corrected chi connectivity index (χ3v) is 5.28. The SMILES string of the molecule is Cc1ccccc1CS(=O)(=O)Nc1ccc(N2CCOCC2=O)cc1. The zero-order chi connectivity index (χ0) is 17.9. The second-order valence-corrected chi connectivity index (χ2v) is 7.65. The van der Waals surface area contributed by atoms with Gasteiger partial charge in [0.2, 0.25) is 10.0 Å². The number of hydrogen-bond acceptors (Lipinski definition) is 4. The van der Waals surface area contributed by atoms with Crippen molar-refractivity contribution in [2.24, 2.45) is 0 Å². The topological polar surface area (TPSA) is 75.7 Å². The van der Waals surface area contributed by atoms with Crippen molar-refractivity contribution in [3.05, 3.63) is 59.7 Å². The van der Waals surface area contributed by atoms with Crippen molar-refractivity contribution in [1.29, 1.82) is 0 Å². The fourth-order valence-corrected chi connectivity index (χ4v) is 3.99. The Labute approximate surface area is 147 Å². The zero-order valence-corrected chi connectivity index (χ0v) is 14.8. The molecule has 1 amide bonds. The second-order valence-electron chi connectivity index (χ2n) is 5.93. The molecule has 7 heteroatoms. The molecule has 2 aromatic carbocycles. The minimum atomic E-state index is -3.51. The van der Waals surface area contributed by atoms with Gasteiger partial charge in [0, 0.05) is 17.9 Å². The molecule has 0 unspecified atom stereocenters. The van der Waals surface area contributed by atoms with Crippen molar-refractivity contribution in [3.63, 3.8) is 0 Å². The van der Waals surface area contributed by atoms with Gasteiger partial charge in [-0.25, -0.2) is 8.42 Å². The summed E-state index contributed by atoms with van der Waals surface area (Å²) in [6.07, 6.45) is 0. The maximum Gasteiger partial charge on any atom is 0.253 e. The Morgan fingerprint density at radius 1 is 1.12 bits per heavy atom. The lowest BCUT2D eigenvalue weighted by atomic mass is 10.1. The van der Waals surface area contributed by atoms with Crippen LogP contribution in [0, 0.1) is 6.92 Å². The number of rotatable bonds is 5. The fraction of sp³-hybridized carbons (Fsp3) is 0.278. The molecule has 0 atom stereocenters. The van der Waals surface area contributed by atoms with Crippen molar-refractivity contribution < 1.29 is 17.9 Å². The van der Waals surface area contributed by atoms with E-state index in [2.05, 4.69) is 4.72 Å². The summed E-state index contributed by atoms with van der Waals surface area (Å²) in [5, 5.41) is 0. The van der Waals surface area contributed by atoms with Gasteiger partial charge < -0.3 is 9.64 Å². The summed E-state index contributed by atoms with van der Waals surface area (Å²) in [5.74, 6) is -0.178. The van der Waals surface area contributed by atoms with Crippen molar-refractivity contribution >= 4 is 27.3 Å². The zero-order valence-electron chi connectivity index (χ0n) is 13.9. The minimum absolute atomic E-state index is 0.0742. The first kappa shape index (κ1) is 17.4. The first-order valence-electron chi connectivity index (χ1n) is 7.98. The summed E-state index contributed by atoms with van der Waals surface area (Å²) in [6, 6.07) is 14.2. The van der Waals surface area contributed by atoms with Crippen molar-refractivity contribution in [2.75, 3.05) is 29.4 Å². The third kappa shape index (κ3) is 4.37. The molecule has 1 saturated heterocycles. The first-order valence-corrected chi connectivity index (χ1v) is 9.63. The minimum Gasteiger partial charge on any atom is -0.370 e. The quantitative estimate of drug-likeness (QED) is 0.888. The van der Waals surface area contributed by atoms with Crippen LogP contribution in [0.2, 0.25) is 0 Å². The van der Waals surface area contributed by atoms with E-state index in [1.165, 1.54) is 0 Å². The lowest BCUT2D eigenvalue weighted by molar-refractivity contribution is -0.125. The van der Waals surface area contributed by atoms with Gasteiger partial charge in [0.15, 0.2) is 0 Å². The molecule has 1 aliphatic heterocycles. The molecular formula is C18H20N2O4S. The number of benzene rings is 2. The second kappa shape index (κ2) is 7.25. The van der Waals surface area contributed by atoms with Gasteiger partial charge in [-0.05, 0) is 42.3 Å². The van der Waals surface area contributed by atoms with Crippen LogP contribution in [0.25, 0.3) is 0 Å². The van der Waals surface area contributed by atoms with Crippen LogP contribution in [0.1, 0.15) is 11.1 Å². The lowest BCUT2D eigenvalue weighted by Gasteiger charge is -2.26. The number of nitrogens with one attached hydrogen (secondary N) is 1. The van der Waals surface area contributed by atoms with Gasteiger partial charge >= 0.3 is 0 Å². The van der Waals surface area contributed by atoms with Crippen LogP contribution in [0.4, 0.5) is 11.4 Å². The Kier molecular flexibility index (Phi) is 5.06. The molecule has 132 valence electrons. The van der Waals surface area contributed by atoms with Crippen LogP contribution >= 0.6 is 0 Å². The van der Waals surface area contributed by atoms with Gasteiger partial charge in [-0.2, -0.15) is 0 Å². The number of aryl methyl sites for hydroxylation is 1. The van der Waals surface area contributed by atoms with Gasteiger partial charge in [-0.1, -0.05) is 24.3 Å². The Balaban J connectivity index is 1.70. The van der Waals surface area contributed by atoms with E-state index < -0.39 is 10.0 Å². The van der Waals surface area contributed by atoms with E-state index >= 15 is 0 Å². The molecule has 25 heavy (non-hydrogen) atoms. The Morgan fingerprint density at radius 3 is 2.52 bits per heavy atom. The van der Waals surface area contributed by atoms with E-state index in [4.69, 9.17) is 4.74 Å². The molecule has 3 rings (SSSR count). The van der Waals surface area contributed by atoms with Crippen molar-refractivity contribution in [1.82, 2.24) is 0 Å². The van der Waals surface area contributed by atoms with E-state index in [0.29, 0.717) is 18.8 Å². The summed E-state index contributed by atoms with van der Waals surface area (Å²) in [6.45, 7) is 2.96. The van der Waals surface area contributed by atoms with Gasteiger partial charge in [-0.15, -0.1) is 0 Å². The highest BCUT2D eigenvalue weighted by Gasteiger charge is 2.20. The average Bonchev–Trinajstić information content (AvgIpc) is 2.58. The molecule has 0 spiro atoms. The van der Waals surface area contributed by atoms with Crippen LogP contribution in [-0.4, -0.2) is 34.1 Å². The number of nitrogens with zero attached hydrogens (tertiary/aromatic N) is 1. The normalized spacial score (nSPS) is 15.2. The number of ether oxygens (including phenoxy) is 1. The molecule has 0 saturated carbocycles. The van der Waals surface area contributed by atoms with Crippen molar-refractivity contribution in [2.45, 2.75) is 12.7 Å².